The largest absolute Gasteiger partial charge is 0.351 e. The van der Waals surface area contributed by atoms with Crippen molar-refractivity contribution in [3.8, 4) is 10.6 Å². The number of pyridine rings is 1. The van der Waals surface area contributed by atoms with Gasteiger partial charge in [-0.1, -0.05) is 36.7 Å². The number of anilines is 3. The van der Waals surface area contributed by atoms with E-state index >= 15 is 0 Å². The summed E-state index contributed by atoms with van der Waals surface area (Å²) in [5.74, 6) is 1.51. The molecule has 0 amide bonds. The Morgan fingerprint density at radius 2 is 1.97 bits per heavy atom. The van der Waals surface area contributed by atoms with Gasteiger partial charge in [-0.15, -0.1) is 0 Å². The topological polar surface area (TPSA) is 105 Å². The first kappa shape index (κ1) is 22.2. The van der Waals surface area contributed by atoms with E-state index in [0.717, 1.165) is 59.2 Å². The second-order valence-electron chi connectivity index (χ2n) is 9.19. The number of aromatic nitrogens is 4. The zero-order valence-corrected chi connectivity index (χ0v) is 19.9. The molecule has 33 heavy (non-hydrogen) atoms. The summed E-state index contributed by atoms with van der Waals surface area (Å²) >= 11 is 1.57. The molecule has 5 rings (SSSR count). The fourth-order valence-corrected chi connectivity index (χ4v) is 5.39. The summed E-state index contributed by atoms with van der Waals surface area (Å²) in [6, 6.07) is 6.91. The zero-order valence-electron chi connectivity index (χ0n) is 19.1. The monoisotopic (exact) mass is 464 g/mol. The van der Waals surface area contributed by atoms with E-state index in [4.69, 9.17) is 10.7 Å². The molecule has 1 aliphatic heterocycles. The fourth-order valence-electron chi connectivity index (χ4n) is 4.61. The lowest BCUT2D eigenvalue weighted by Gasteiger charge is -2.22. The standard InChI is InChI=1S/C24H32N8S/c1-16-11-20(30-23(28-16)29-19-5-3-2-4-6-19)21-13-27-24(33-21)31-22-8-7-17(12-26-22)14-32-10-9-18(25)15-32/h7-8,11-13,18-19H,2-6,9-10,14-15,25H2,1H3,(H,26,27,31)(H,28,29,30)/t18-/m0/s1. The van der Waals surface area contributed by atoms with Gasteiger partial charge in [0.1, 0.15) is 5.82 Å². The average molecular weight is 465 g/mol. The zero-order chi connectivity index (χ0) is 22.6. The fraction of sp³-hybridized carbons (Fsp3) is 0.500. The Hall–Kier alpha value is -2.62. The van der Waals surface area contributed by atoms with Crippen LogP contribution in [0.25, 0.3) is 10.6 Å². The van der Waals surface area contributed by atoms with Gasteiger partial charge in [-0.2, -0.15) is 0 Å². The molecule has 0 bridgehead atoms. The molecule has 0 radical (unpaired) electrons. The number of nitrogens with one attached hydrogen (secondary N) is 2. The predicted octanol–water partition coefficient (Wildman–Crippen LogP) is 4.32. The summed E-state index contributed by atoms with van der Waals surface area (Å²) in [5, 5.41) is 7.66. The van der Waals surface area contributed by atoms with E-state index < -0.39 is 0 Å². The summed E-state index contributed by atoms with van der Waals surface area (Å²) in [6.07, 6.45) is 11.1. The Balaban J connectivity index is 1.23. The van der Waals surface area contributed by atoms with Crippen molar-refractivity contribution in [3.63, 3.8) is 0 Å². The van der Waals surface area contributed by atoms with Crippen molar-refractivity contribution in [1.82, 2.24) is 24.8 Å². The van der Waals surface area contributed by atoms with Crippen molar-refractivity contribution in [1.29, 1.82) is 0 Å². The molecule has 0 unspecified atom stereocenters. The first-order valence-electron chi connectivity index (χ1n) is 11.9. The first-order valence-corrected chi connectivity index (χ1v) is 12.7. The molecule has 3 aromatic heterocycles. The Morgan fingerprint density at radius 3 is 2.73 bits per heavy atom. The number of likely N-dealkylation sites (tertiary alicyclic amines) is 1. The molecule has 1 saturated carbocycles. The van der Waals surface area contributed by atoms with Gasteiger partial charge in [0.2, 0.25) is 5.95 Å². The lowest BCUT2D eigenvalue weighted by atomic mass is 9.96. The lowest BCUT2D eigenvalue weighted by Crippen LogP contribution is -2.26. The highest BCUT2D eigenvalue weighted by Gasteiger charge is 2.19. The highest BCUT2D eigenvalue weighted by atomic mass is 32.1. The van der Waals surface area contributed by atoms with Gasteiger partial charge in [0.25, 0.3) is 0 Å². The molecule has 3 aromatic rings. The van der Waals surface area contributed by atoms with Crippen LogP contribution in [-0.4, -0.2) is 50.0 Å². The van der Waals surface area contributed by atoms with Gasteiger partial charge in [0.15, 0.2) is 5.13 Å². The molecule has 4 heterocycles. The minimum Gasteiger partial charge on any atom is -0.351 e. The Labute approximate surface area is 199 Å². The molecular weight excluding hydrogens is 432 g/mol. The van der Waals surface area contributed by atoms with Crippen molar-refractivity contribution >= 4 is 28.2 Å². The van der Waals surface area contributed by atoms with E-state index in [1.165, 1.54) is 37.7 Å². The third-order valence-corrected chi connectivity index (χ3v) is 7.26. The number of nitrogens with zero attached hydrogens (tertiary/aromatic N) is 5. The van der Waals surface area contributed by atoms with Crippen molar-refractivity contribution < 1.29 is 0 Å². The van der Waals surface area contributed by atoms with E-state index in [9.17, 15) is 0 Å². The Bertz CT molecular complexity index is 1060. The van der Waals surface area contributed by atoms with Crippen LogP contribution >= 0.6 is 11.3 Å². The average Bonchev–Trinajstić information content (AvgIpc) is 3.44. The van der Waals surface area contributed by atoms with Gasteiger partial charge in [-0.3, -0.25) is 4.90 Å². The van der Waals surface area contributed by atoms with Crippen LogP contribution in [0.2, 0.25) is 0 Å². The number of thiazole rings is 1. The number of aryl methyl sites for hydroxylation is 1. The van der Waals surface area contributed by atoms with Crippen LogP contribution in [0.5, 0.6) is 0 Å². The van der Waals surface area contributed by atoms with Gasteiger partial charge in [0, 0.05) is 49.8 Å². The van der Waals surface area contributed by atoms with Gasteiger partial charge in [-0.25, -0.2) is 19.9 Å². The number of hydrogen-bond acceptors (Lipinski definition) is 9. The van der Waals surface area contributed by atoms with Crippen LogP contribution in [0.15, 0.2) is 30.6 Å². The quantitative estimate of drug-likeness (QED) is 0.475. The van der Waals surface area contributed by atoms with E-state index in [2.05, 4.69) is 36.6 Å². The lowest BCUT2D eigenvalue weighted by molar-refractivity contribution is 0.326. The predicted molar refractivity (Wildman–Crippen MR) is 134 cm³/mol. The SMILES string of the molecule is Cc1cc(-c2cnc(Nc3ccc(CN4CC[C@H](N)C4)cn3)s2)nc(NC2CCCCC2)n1. The third-order valence-electron chi connectivity index (χ3n) is 6.33. The van der Waals surface area contributed by atoms with Crippen LogP contribution < -0.4 is 16.4 Å². The number of hydrogen-bond donors (Lipinski definition) is 3. The van der Waals surface area contributed by atoms with Crippen LogP contribution in [0.4, 0.5) is 16.9 Å². The maximum Gasteiger partial charge on any atom is 0.223 e. The highest BCUT2D eigenvalue weighted by Crippen LogP contribution is 2.30. The second kappa shape index (κ2) is 10.1. The summed E-state index contributed by atoms with van der Waals surface area (Å²) in [5.41, 5.74) is 9.06. The molecule has 2 fully saturated rings. The normalized spacial score (nSPS) is 19.6. The maximum absolute atomic E-state index is 6.01. The molecule has 1 saturated heterocycles. The number of rotatable bonds is 7. The maximum atomic E-state index is 6.01. The molecule has 8 nitrogen and oxygen atoms in total. The van der Waals surface area contributed by atoms with E-state index in [1.807, 2.05) is 31.5 Å². The van der Waals surface area contributed by atoms with Crippen LogP contribution in [-0.2, 0) is 6.54 Å². The summed E-state index contributed by atoms with van der Waals surface area (Å²) < 4.78 is 0. The third kappa shape index (κ3) is 5.85. The van der Waals surface area contributed by atoms with Crippen molar-refractivity contribution in [2.24, 2.45) is 5.73 Å². The first-order chi connectivity index (χ1) is 16.1. The van der Waals surface area contributed by atoms with Crippen molar-refractivity contribution in [2.75, 3.05) is 23.7 Å². The molecular formula is C24H32N8S. The molecule has 1 atom stereocenters. The van der Waals surface area contributed by atoms with Crippen molar-refractivity contribution in [3.05, 3.63) is 41.9 Å². The summed E-state index contributed by atoms with van der Waals surface area (Å²) in [6.45, 7) is 4.93. The summed E-state index contributed by atoms with van der Waals surface area (Å²) in [4.78, 5) is 21.9. The molecule has 0 spiro atoms. The van der Waals surface area contributed by atoms with Crippen molar-refractivity contribution in [2.45, 2.75) is 64.1 Å². The molecule has 2 aliphatic rings. The molecule has 9 heteroatoms. The minimum atomic E-state index is 0.302. The van der Waals surface area contributed by atoms with E-state index in [1.54, 1.807) is 11.3 Å². The molecule has 4 N–H and O–H groups in total. The highest BCUT2D eigenvalue weighted by molar-refractivity contribution is 7.18. The Kier molecular flexibility index (Phi) is 6.80. The van der Waals surface area contributed by atoms with Crippen LogP contribution in [0.1, 0.15) is 49.8 Å². The van der Waals surface area contributed by atoms with Gasteiger partial charge in [0.05, 0.1) is 10.6 Å². The summed E-state index contributed by atoms with van der Waals surface area (Å²) in [7, 11) is 0. The van der Waals surface area contributed by atoms with E-state index in [0.29, 0.717) is 12.1 Å². The van der Waals surface area contributed by atoms with Gasteiger partial charge >= 0.3 is 0 Å². The second-order valence-corrected chi connectivity index (χ2v) is 10.2. The van der Waals surface area contributed by atoms with Gasteiger partial charge in [-0.05, 0) is 43.9 Å². The van der Waals surface area contributed by atoms with Crippen LogP contribution in [0, 0.1) is 6.92 Å². The molecule has 174 valence electrons. The smallest absolute Gasteiger partial charge is 0.223 e. The van der Waals surface area contributed by atoms with Gasteiger partial charge < -0.3 is 16.4 Å². The molecule has 1 aliphatic carbocycles. The van der Waals surface area contributed by atoms with E-state index in [-0.39, 0.29) is 0 Å². The Morgan fingerprint density at radius 1 is 1.09 bits per heavy atom. The molecule has 0 aromatic carbocycles. The van der Waals surface area contributed by atoms with Crippen LogP contribution in [0.3, 0.4) is 0 Å². The minimum absolute atomic E-state index is 0.302. The number of nitrogens with two attached hydrogens (primary N) is 1.